The summed E-state index contributed by atoms with van der Waals surface area (Å²) in [5.41, 5.74) is -0.464. The first-order valence-electron chi connectivity index (χ1n) is 2.88. The molecule has 0 spiro atoms. The van der Waals surface area contributed by atoms with Crippen molar-refractivity contribution >= 4 is 15.9 Å². The number of alkyl halides is 1. The second-order valence-electron chi connectivity index (χ2n) is 3.01. The molecule has 0 aliphatic heterocycles. The summed E-state index contributed by atoms with van der Waals surface area (Å²) in [7, 11) is 0. The van der Waals surface area contributed by atoms with Crippen LogP contribution in [0.1, 0.15) is 20.3 Å². The minimum atomic E-state index is -0.464. The Balaban J connectivity index is 2.39. The fourth-order valence-electron chi connectivity index (χ4n) is 0.895. The number of hydrogen-bond donors (Lipinski definition) is 1. The lowest BCUT2D eigenvalue weighted by atomic mass is 10.0. The van der Waals surface area contributed by atoms with Crippen molar-refractivity contribution in [1.82, 2.24) is 0 Å². The highest BCUT2D eigenvalue weighted by atomic mass is 79.9. The molecule has 0 aromatic carbocycles. The van der Waals surface area contributed by atoms with Gasteiger partial charge in [0, 0.05) is 10.7 Å². The quantitative estimate of drug-likeness (QED) is 0.605. The molecule has 0 aromatic rings. The predicted octanol–water partition coefficient (Wildman–Crippen LogP) is 1.54. The Morgan fingerprint density at radius 3 is 2.00 bits per heavy atom. The third-order valence-electron chi connectivity index (χ3n) is 1.62. The molecule has 8 heavy (non-hydrogen) atoms. The number of aliphatic hydroxyl groups is 1. The Kier molecular flexibility index (Phi) is 1.40. The lowest BCUT2D eigenvalue weighted by molar-refractivity contribution is 0.0577. The van der Waals surface area contributed by atoms with E-state index in [9.17, 15) is 5.11 Å². The highest BCUT2D eigenvalue weighted by molar-refractivity contribution is 9.09. The van der Waals surface area contributed by atoms with E-state index in [-0.39, 0.29) is 0 Å². The Labute approximate surface area is 58.2 Å². The molecular weight excluding hydrogens is 168 g/mol. The number of halogens is 1. The monoisotopic (exact) mass is 178 g/mol. The van der Waals surface area contributed by atoms with Crippen molar-refractivity contribution in [1.29, 1.82) is 0 Å². The van der Waals surface area contributed by atoms with Gasteiger partial charge in [-0.2, -0.15) is 0 Å². The van der Waals surface area contributed by atoms with Crippen LogP contribution in [0.5, 0.6) is 0 Å². The van der Waals surface area contributed by atoms with Gasteiger partial charge >= 0.3 is 0 Å². The third-order valence-corrected chi connectivity index (χ3v) is 2.63. The van der Waals surface area contributed by atoms with Crippen molar-refractivity contribution in [3.8, 4) is 0 Å². The van der Waals surface area contributed by atoms with Crippen LogP contribution in [0.2, 0.25) is 0 Å². The van der Waals surface area contributed by atoms with Gasteiger partial charge in [0.1, 0.15) is 0 Å². The van der Waals surface area contributed by atoms with Gasteiger partial charge in [-0.05, 0) is 20.3 Å². The average Bonchev–Trinajstić information content (AvgIpc) is 2.13. The fraction of sp³-hybridized carbons (Fsp3) is 1.00. The first-order chi connectivity index (χ1) is 3.52. The van der Waals surface area contributed by atoms with Gasteiger partial charge in [0.15, 0.2) is 0 Å². The van der Waals surface area contributed by atoms with Gasteiger partial charge in [0.05, 0.1) is 5.60 Å². The SMILES string of the molecule is CC(C)(O)C1CC1Br. The number of rotatable bonds is 1. The standard InChI is InChI=1S/C6H11BrO/c1-6(2,8)4-3-5(4)7/h4-5,8H,3H2,1-2H3. The third kappa shape index (κ3) is 1.23. The van der Waals surface area contributed by atoms with Crippen molar-refractivity contribution < 1.29 is 5.11 Å². The van der Waals surface area contributed by atoms with Gasteiger partial charge in [-0.1, -0.05) is 15.9 Å². The van der Waals surface area contributed by atoms with E-state index in [4.69, 9.17) is 0 Å². The van der Waals surface area contributed by atoms with Crippen LogP contribution < -0.4 is 0 Å². The van der Waals surface area contributed by atoms with Gasteiger partial charge in [-0.15, -0.1) is 0 Å². The van der Waals surface area contributed by atoms with Crippen molar-refractivity contribution in [2.45, 2.75) is 30.7 Å². The molecular formula is C6H11BrO. The lowest BCUT2D eigenvalue weighted by Gasteiger charge is -2.15. The molecule has 1 rings (SSSR count). The zero-order valence-electron chi connectivity index (χ0n) is 5.19. The number of hydrogen-bond acceptors (Lipinski definition) is 1. The molecule has 0 saturated heterocycles. The molecule has 2 unspecified atom stereocenters. The second-order valence-corrected chi connectivity index (χ2v) is 4.19. The van der Waals surface area contributed by atoms with Crippen LogP contribution in [0.3, 0.4) is 0 Å². The van der Waals surface area contributed by atoms with Crippen LogP contribution in [0.25, 0.3) is 0 Å². The maximum atomic E-state index is 9.30. The molecule has 48 valence electrons. The minimum Gasteiger partial charge on any atom is -0.390 e. The Bertz CT molecular complexity index is 95.2. The molecule has 2 heteroatoms. The Morgan fingerprint density at radius 2 is 2.00 bits per heavy atom. The van der Waals surface area contributed by atoms with E-state index in [1.54, 1.807) is 0 Å². The summed E-state index contributed by atoms with van der Waals surface area (Å²) in [6.45, 7) is 3.72. The lowest BCUT2D eigenvalue weighted by Crippen LogP contribution is -2.22. The molecule has 0 radical (unpaired) electrons. The van der Waals surface area contributed by atoms with Gasteiger partial charge < -0.3 is 5.11 Å². The minimum absolute atomic E-state index is 0.464. The summed E-state index contributed by atoms with van der Waals surface area (Å²) in [5.74, 6) is 0.488. The van der Waals surface area contributed by atoms with Crippen molar-refractivity contribution in [3.63, 3.8) is 0 Å². The molecule has 0 aromatic heterocycles. The zero-order chi connectivity index (χ0) is 6.36. The molecule has 1 nitrogen and oxygen atoms in total. The molecule has 1 aliphatic rings. The van der Waals surface area contributed by atoms with Gasteiger partial charge in [-0.3, -0.25) is 0 Å². The van der Waals surface area contributed by atoms with E-state index in [0.29, 0.717) is 10.7 Å². The first kappa shape index (κ1) is 6.56. The zero-order valence-corrected chi connectivity index (χ0v) is 6.77. The summed E-state index contributed by atoms with van der Waals surface area (Å²) in [5, 5.41) is 9.30. The smallest absolute Gasteiger partial charge is 0.0630 e. The molecule has 1 aliphatic carbocycles. The topological polar surface area (TPSA) is 20.2 Å². The molecule has 2 atom stereocenters. The van der Waals surface area contributed by atoms with Crippen LogP contribution >= 0.6 is 15.9 Å². The van der Waals surface area contributed by atoms with E-state index in [2.05, 4.69) is 15.9 Å². The van der Waals surface area contributed by atoms with Gasteiger partial charge in [0.2, 0.25) is 0 Å². The summed E-state index contributed by atoms with van der Waals surface area (Å²) in [4.78, 5) is 0.572. The maximum Gasteiger partial charge on any atom is 0.0630 e. The molecule has 0 bridgehead atoms. The van der Waals surface area contributed by atoms with Crippen molar-refractivity contribution in [2.24, 2.45) is 5.92 Å². The van der Waals surface area contributed by atoms with Gasteiger partial charge in [-0.25, -0.2) is 0 Å². The molecule has 1 saturated carbocycles. The highest BCUT2D eigenvalue weighted by Gasteiger charge is 2.44. The van der Waals surface area contributed by atoms with Crippen LogP contribution in [0.4, 0.5) is 0 Å². The maximum absolute atomic E-state index is 9.30. The predicted molar refractivity (Wildman–Crippen MR) is 37.1 cm³/mol. The second kappa shape index (κ2) is 1.71. The van der Waals surface area contributed by atoms with Crippen LogP contribution in [0, 0.1) is 5.92 Å². The largest absolute Gasteiger partial charge is 0.390 e. The van der Waals surface area contributed by atoms with Gasteiger partial charge in [0.25, 0.3) is 0 Å². The van der Waals surface area contributed by atoms with E-state index < -0.39 is 5.60 Å². The molecule has 1 fully saturated rings. The normalized spacial score (nSPS) is 37.5. The summed E-state index contributed by atoms with van der Waals surface area (Å²) in [6, 6.07) is 0. The van der Waals surface area contributed by atoms with E-state index in [1.165, 1.54) is 0 Å². The van der Waals surface area contributed by atoms with Crippen molar-refractivity contribution in [2.75, 3.05) is 0 Å². The van der Waals surface area contributed by atoms with E-state index in [0.717, 1.165) is 6.42 Å². The average molecular weight is 179 g/mol. The van der Waals surface area contributed by atoms with E-state index in [1.807, 2.05) is 13.8 Å². The van der Waals surface area contributed by atoms with Crippen LogP contribution in [-0.2, 0) is 0 Å². The Morgan fingerprint density at radius 1 is 1.62 bits per heavy atom. The summed E-state index contributed by atoms with van der Waals surface area (Å²) in [6.07, 6.45) is 1.13. The Hall–Kier alpha value is 0.440. The molecule has 0 amide bonds. The summed E-state index contributed by atoms with van der Waals surface area (Å²) >= 11 is 3.42. The first-order valence-corrected chi connectivity index (χ1v) is 3.80. The van der Waals surface area contributed by atoms with E-state index >= 15 is 0 Å². The molecule has 1 N–H and O–H groups in total. The van der Waals surface area contributed by atoms with Crippen LogP contribution in [0.15, 0.2) is 0 Å². The fourth-order valence-corrected chi connectivity index (χ4v) is 1.94. The summed E-state index contributed by atoms with van der Waals surface area (Å²) < 4.78 is 0. The van der Waals surface area contributed by atoms with Crippen molar-refractivity contribution in [3.05, 3.63) is 0 Å². The highest BCUT2D eigenvalue weighted by Crippen LogP contribution is 2.45. The van der Waals surface area contributed by atoms with Crippen LogP contribution in [-0.4, -0.2) is 15.5 Å². The molecule has 0 heterocycles.